The highest BCUT2D eigenvalue weighted by Crippen LogP contribution is 2.33. The number of hydrogen-bond acceptors (Lipinski definition) is 3. The molecule has 0 amide bonds. The van der Waals surface area contributed by atoms with E-state index in [1.54, 1.807) is 30.5 Å². The van der Waals surface area contributed by atoms with Crippen molar-refractivity contribution in [1.29, 1.82) is 5.26 Å². The van der Waals surface area contributed by atoms with E-state index in [4.69, 9.17) is 44.8 Å². The van der Waals surface area contributed by atoms with Gasteiger partial charge < -0.3 is 4.74 Å². The molecule has 0 atom stereocenters. The van der Waals surface area contributed by atoms with Crippen LogP contribution in [0.3, 0.4) is 0 Å². The molecule has 1 aromatic carbocycles. The first-order valence-corrected chi connectivity index (χ1v) is 6.95. The van der Waals surface area contributed by atoms with Gasteiger partial charge in [0.2, 0.25) is 0 Å². The van der Waals surface area contributed by atoms with Crippen molar-refractivity contribution in [3.63, 3.8) is 0 Å². The first-order chi connectivity index (χ1) is 9.63. The maximum absolute atomic E-state index is 8.80. The Balaban J connectivity index is 2.20. The Morgan fingerprint density at radius 3 is 2.75 bits per heavy atom. The second kappa shape index (κ2) is 6.81. The lowest BCUT2D eigenvalue weighted by molar-refractivity contribution is 0.304. The molecule has 6 heteroatoms. The van der Waals surface area contributed by atoms with Crippen LogP contribution >= 0.6 is 34.8 Å². The summed E-state index contributed by atoms with van der Waals surface area (Å²) in [5.41, 5.74) is 1.88. The van der Waals surface area contributed by atoms with E-state index in [0.717, 1.165) is 11.1 Å². The SMILES string of the molecule is N#Cc1cc(COc2c(Cl)cc(Cl)cc2CCl)ccn1. The first-order valence-electron chi connectivity index (χ1n) is 5.65. The van der Waals surface area contributed by atoms with Crippen molar-refractivity contribution in [1.82, 2.24) is 4.98 Å². The van der Waals surface area contributed by atoms with Crippen molar-refractivity contribution >= 4 is 34.8 Å². The molecule has 0 aliphatic heterocycles. The van der Waals surface area contributed by atoms with E-state index < -0.39 is 0 Å². The van der Waals surface area contributed by atoms with Crippen LogP contribution in [0.1, 0.15) is 16.8 Å². The van der Waals surface area contributed by atoms with Crippen molar-refractivity contribution < 1.29 is 4.74 Å². The summed E-state index contributed by atoms with van der Waals surface area (Å²) in [6.45, 7) is 0.266. The molecule has 20 heavy (non-hydrogen) atoms. The third-order valence-electron chi connectivity index (χ3n) is 2.55. The number of halogens is 3. The molecule has 0 spiro atoms. The zero-order valence-corrected chi connectivity index (χ0v) is 12.5. The van der Waals surface area contributed by atoms with Gasteiger partial charge in [0, 0.05) is 16.8 Å². The predicted octanol–water partition coefficient (Wildman–Crippen LogP) is 4.58. The van der Waals surface area contributed by atoms with E-state index in [-0.39, 0.29) is 12.5 Å². The molecule has 2 aromatic rings. The van der Waals surface area contributed by atoms with Gasteiger partial charge in [-0.2, -0.15) is 5.26 Å². The minimum atomic E-state index is 0.245. The molecule has 102 valence electrons. The Kier molecular flexibility index (Phi) is 5.08. The van der Waals surface area contributed by atoms with Crippen LogP contribution in [-0.4, -0.2) is 4.98 Å². The zero-order valence-electron chi connectivity index (χ0n) is 10.2. The highest BCUT2D eigenvalue weighted by atomic mass is 35.5. The Hall–Kier alpha value is -1.47. The summed E-state index contributed by atoms with van der Waals surface area (Å²) < 4.78 is 5.69. The molecule has 0 saturated carbocycles. The van der Waals surface area contributed by atoms with Crippen molar-refractivity contribution in [2.75, 3.05) is 0 Å². The molecular weight excluding hydrogens is 319 g/mol. The van der Waals surface area contributed by atoms with E-state index in [0.29, 0.717) is 21.5 Å². The summed E-state index contributed by atoms with van der Waals surface area (Å²) in [4.78, 5) is 3.89. The molecule has 0 aliphatic rings. The average Bonchev–Trinajstić information content (AvgIpc) is 2.45. The maximum atomic E-state index is 8.80. The fourth-order valence-corrected chi connectivity index (χ4v) is 2.44. The van der Waals surface area contributed by atoms with E-state index >= 15 is 0 Å². The van der Waals surface area contributed by atoms with Crippen molar-refractivity contribution in [2.45, 2.75) is 12.5 Å². The van der Waals surface area contributed by atoms with Gasteiger partial charge in [0.05, 0.1) is 10.9 Å². The van der Waals surface area contributed by atoms with Crippen LogP contribution in [0.5, 0.6) is 5.75 Å². The Morgan fingerprint density at radius 1 is 1.25 bits per heavy atom. The van der Waals surface area contributed by atoms with Crippen LogP contribution in [0.4, 0.5) is 0 Å². The standard InChI is InChI=1S/C14H9Cl3N2O/c15-6-10-4-11(16)5-13(17)14(10)20-8-9-1-2-19-12(3-9)7-18/h1-5H,6,8H2. The number of pyridine rings is 1. The fraction of sp³-hybridized carbons (Fsp3) is 0.143. The number of hydrogen-bond donors (Lipinski definition) is 0. The van der Waals surface area contributed by atoms with E-state index in [9.17, 15) is 0 Å². The maximum Gasteiger partial charge on any atom is 0.142 e. The Bertz CT molecular complexity index is 668. The molecule has 0 saturated heterocycles. The molecule has 0 fully saturated rings. The monoisotopic (exact) mass is 326 g/mol. The average molecular weight is 328 g/mol. The quantitative estimate of drug-likeness (QED) is 0.772. The number of benzene rings is 1. The fourth-order valence-electron chi connectivity index (χ4n) is 1.66. The third-order valence-corrected chi connectivity index (χ3v) is 3.34. The molecule has 0 bridgehead atoms. The highest BCUT2D eigenvalue weighted by molar-refractivity contribution is 6.36. The second-order valence-electron chi connectivity index (χ2n) is 3.96. The molecule has 0 N–H and O–H groups in total. The zero-order chi connectivity index (χ0) is 14.5. The first kappa shape index (κ1) is 14.9. The number of aromatic nitrogens is 1. The van der Waals surface area contributed by atoms with Gasteiger partial charge in [0.15, 0.2) is 0 Å². The number of nitriles is 1. The summed E-state index contributed by atoms with van der Waals surface area (Å²) in [7, 11) is 0. The molecule has 3 nitrogen and oxygen atoms in total. The minimum Gasteiger partial charge on any atom is -0.487 e. The van der Waals surface area contributed by atoms with Gasteiger partial charge in [0.25, 0.3) is 0 Å². The highest BCUT2D eigenvalue weighted by Gasteiger charge is 2.10. The van der Waals surface area contributed by atoms with Crippen LogP contribution in [0, 0.1) is 11.3 Å². The number of rotatable bonds is 4. The minimum absolute atomic E-state index is 0.245. The van der Waals surface area contributed by atoms with Crippen molar-refractivity contribution in [2.24, 2.45) is 0 Å². The molecule has 0 radical (unpaired) electrons. The lowest BCUT2D eigenvalue weighted by atomic mass is 10.2. The summed E-state index contributed by atoms with van der Waals surface area (Å²) in [6.07, 6.45) is 1.56. The van der Waals surface area contributed by atoms with Crippen LogP contribution in [-0.2, 0) is 12.5 Å². The largest absolute Gasteiger partial charge is 0.487 e. The van der Waals surface area contributed by atoms with Gasteiger partial charge in [-0.3, -0.25) is 0 Å². The lowest BCUT2D eigenvalue weighted by Crippen LogP contribution is -2.00. The van der Waals surface area contributed by atoms with Gasteiger partial charge in [0.1, 0.15) is 24.1 Å². The molecule has 0 unspecified atom stereocenters. The Morgan fingerprint density at radius 2 is 2.05 bits per heavy atom. The predicted molar refractivity (Wildman–Crippen MR) is 79.3 cm³/mol. The van der Waals surface area contributed by atoms with Crippen LogP contribution in [0.2, 0.25) is 10.0 Å². The number of alkyl halides is 1. The topological polar surface area (TPSA) is 45.9 Å². The summed E-state index contributed by atoms with van der Waals surface area (Å²) in [5, 5.41) is 9.71. The van der Waals surface area contributed by atoms with Crippen molar-refractivity contribution in [3.8, 4) is 11.8 Å². The lowest BCUT2D eigenvalue weighted by Gasteiger charge is -2.12. The molecule has 1 heterocycles. The summed E-state index contributed by atoms with van der Waals surface area (Å²) in [6, 6.07) is 8.71. The number of nitrogens with zero attached hydrogens (tertiary/aromatic N) is 2. The second-order valence-corrected chi connectivity index (χ2v) is 5.07. The van der Waals surface area contributed by atoms with Crippen LogP contribution in [0.15, 0.2) is 30.5 Å². The Labute approximate surface area is 131 Å². The normalized spacial score (nSPS) is 10.1. The van der Waals surface area contributed by atoms with E-state index in [1.165, 1.54) is 0 Å². The number of ether oxygens (including phenoxy) is 1. The van der Waals surface area contributed by atoms with Crippen LogP contribution in [0.25, 0.3) is 0 Å². The van der Waals surface area contributed by atoms with E-state index in [2.05, 4.69) is 4.98 Å². The van der Waals surface area contributed by atoms with Gasteiger partial charge in [-0.25, -0.2) is 4.98 Å². The smallest absolute Gasteiger partial charge is 0.142 e. The van der Waals surface area contributed by atoms with Crippen molar-refractivity contribution in [3.05, 3.63) is 57.3 Å². The molecular formula is C14H9Cl3N2O. The summed E-state index contributed by atoms with van der Waals surface area (Å²) in [5.74, 6) is 0.747. The van der Waals surface area contributed by atoms with Gasteiger partial charge in [-0.05, 0) is 29.8 Å². The third kappa shape index (κ3) is 3.55. The molecule has 2 rings (SSSR count). The summed E-state index contributed by atoms with van der Waals surface area (Å²) >= 11 is 17.9. The molecule has 1 aromatic heterocycles. The van der Waals surface area contributed by atoms with Gasteiger partial charge in [-0.15, -0.1) is 11.6 Å². The molecule has 0 aliphatic carbocycles. The van der Waals surface area contributed by atoms with E-state index in [1.807, 2.05) is 6.07 Å². The van der Waals surface area contributed by atoms with Crippen LogP contribution < -0.4 is 4.74 Å². The van der Waals surface area contributed by atoms with Gasteiger partial charge >= 0.3 is 0 Å². The van der Waals surface area contributed by atoms with Gasteiger partial charge in [-0.1, -0.05) is 23.2 Å².